The van der Waals surface area contributed by atoms with Crippen molar-refractivity contribution < 1.29 is 0 Å². The highest BCUT2D eigenvalue weighted by Crippen LogP contribution is 2.22. The zero-order chi connectivity index (χ0) is 14.0. The van der Waals surface area contributed by atoms with Crippen LogP contribution in [0.5, 0.6) is 0 Å². The number of nitrogens with one attached hydrogen (secondary N) is 2. The summed E-state index contributed by atoms with van der Waals surface area (Å²) in [6, 6.07) is 8.46. The first-order valence-electron chi connectivity index (χ1n) is 8.22. The molecule has 0 atom stereocenters. The summed E-state index contributed by atoms with van der Waals surface area (Å²) in [6.45, 7) is 3.35. The van der Waals surface area contributed by atoms with Crippen LogP contribution in [-0.2, 0) is 0 Å². The van der Waals surface area contributed by atoms with E-state index in [1.165, 1.54) is 68.0 Å². The third-order valence-electron chi connectivity index (χ3n) is 3.94. The maximum absolute atomic E-state index is 3.55. The Bertz CT molecular complexity index is 487. The van der Waals surface area contributed by atoms with Gasteiger partial charge >= 0.3 is 0 Å². The lowest BCUT2D eigenvalue weighted by Gasteiger charge is -2.05. The molecule has 2 N–H and O–H groups in total. The van der Waals surface area contributed by atoms with Gasteiger partial charge in [-0.05, 0) is 12.5 Å². The minimum atomic E-state index is 1.08. The molecule has 0 spiro atoms. The summed E-state index contributed by atoms with van der Waals surface area (Å²) in [5.74, 6) is 0. The average Bonchev–Trinajstić information content (AvgIpc) is 2.89. The van der Waals surface area contributed by atoms with Gasteiger partial charge in [-0.25, -0.2) is 0 Å². The van der Waals surface area contributed by atoms with Crippen LogP contribution in [-0.4, -0.2) is 11.5 Å². The Morgan fingerprint density at radius 1 is 0.900 bits per heavy atom. The fraction of sp³-hybridized carbons (Fsp3) is 0.556. The van der Waals surface area contributed by atoms with E-state index in [9.17, 15) is 0 Å². The molecule has 1 aromatic heterocycles. The monoisotopic (exact) mass is 272 g/mol. The lowest BCUT2D eigenvalue weighted by atomic mass is 10.1. The molecule has 0 unspecified atom stereocenters. The van der Waals surface area contributed by atoms with Gasteiger partial charge in [-0.15, -0.1) is 0 Å². The van der Waals surface area contributed by atoms with Crippen LogP contribution in [0.15, 0.2) is 30.5 Å². The first kappa shape index (κ1) is 15.0. The van der Waals surface area contributed by atoms with Crippen LogP contribution in [0.4, 0.5) is 5.69 Å². The smallest absolute Gasteiger partial charge is 0.0597 e. The van der Waals surface area contributed by atoms with Crippen molar-refractivity contribution in [1.82, 2.24) is 4.98 Å². The molecule has 1 aromatic carbocycles. The number of aromatic amines is 1. The number of unbranched alkanes of at least 4 members (excludes halogenated alkanes) is 7. The predicted molar refractivity (Wildman–Crippen MR) is 89.4 cm³/mol. The summed E-state index contributed by atoms with van der Waals surface area (Å²) in [4.78, 5) is 3.31. The Morgan fingerprint density at radius 2 is 1.60 bits per heavy atom. The summed E-state index contributed by atoms with van der Waals surface area (Å²) >= 11 is 0. The maximum atomic E-state index is 3.55. The number of aromatic nitrogens is 1. The zero-order valence-electron chi connectivity index (χ0n) is 12.8. The van der Waals surface area contributed by atoms with E-state index in [0.29, 0.717) is 0 Å². The molecule has 2 nitrogen and oxygen atoms in total. The molecule has 2 aromatic rings. The van der Waals surface area contributed by atoms with Crippen LogP contribution >= 0.6 is 0 Å². The fourth-order valence-corrected chi connectivity index (χ4v) is 2.70. The summed E-state index contributed by atoms with van der Waals surface area (Å²) in [5.41, 5.74) is 2.45. The average molecular weight is 272 g/mol. The van der Waals surface area contributed by atoms with Crippen LogP contribution in [0.1, 0.15) is 58.3 Å². The second-order valence-electron chi connectivity index (χ2n) is 5.65. The van der Waals surface area contributed by atoms with E-state index < -0.39 is 0 Å². The van der Waals surface area contributed by atoms with E-state index in [2.05, 4.69) is 47.7 Å². The van der Waals surface area contributed by atoms with E-state index in [-0.39, 0.29) is 0 Å². The van der Waals surface area contributed by atoms with Gasteiger partial charge in [0.2, 0.25) is 0 Å². The van der Waals surface area contributed by atoms with Crippen LogP contribution in [0, 0.1) is 0 Å². The summed E-state index contributed by atoms with van der Waals surface area (Å²) in [6.07, 6.45) is 13.1. The molecular formula is C18H28N2. The number of H-pyrrole nitrogens is 1. The van der Waals surface area contributed by atoms with Gasteiger partial charge in [-0.2, -0.15) is 0 Å². The fourth-order valence-electron chi connectivity index (χ4n) is 2.70. The number of benzene rings is 1. The van der Waals surface area contributed by atoms with Crippen molar-refractivity contribution in [3.63, 3.8) is 0 Å². The number of hydrogen-bond donors (Lipinski definition) is 2. The van der Waals surface area contributed by atoms with Gasteiger partial charge in [-0.1, -0.05) is 70.1 Å². The quantitative estimate of drug-likeness (QED) is 0.532. The van der Waals surface area contributed by atoms with E-state index in [0.717, 1.165) is 6.54 Å². The molecular weight excluding hydrogens is 244 g/mol. The van der Waals surface area contributed by atoms with Gasteiger partial charge in [0.05, 0.1) is 5.69 Å². The summed E-state index contributed by atoms with van der Waals surface area (Å²) < 4.78 is 0. The summed E-state index contributed by atoms with van der Waals surface area (Å²) in [7, 11) is 0. The number of hydrogen-bond acceptors (Lipinski definition) is 1. The van der Waals surface area contributed by atoms with Crippen LogP contribution in [0.3, 0.4) is 0 Å². The van der Waals surface area contributed by atoms with Gasteiger partial charge in [-0.3, -0.25) is 0 Å². The highest BCUT2D eigenvalue weighted by atomic mass is 14.9. The van der Waals surface area contributed by atoms with Gasteiger partial charge in [0.25, 0.3) is 0 Å². The number of para-hydroxylation sites is 1. The first-order valence-corrected chi connectivity index (χ1v) is 8.22. The minimum absolute atomic E-state index is 1.08. The van der Waals surface area contributed by atoms with Crippen molar-refractivity contribution in [1.29, 1.82) is 0 Å². The zero-order valence-corrected chi connectivity index (χ0v) is 12.8. The lowest BCUT2D eigenvalue weighted by Crippen LogP contribution is -2.00. The Morgan fingerprint density at radius 3 is 2.40 bits per heavy atom. The van der Waals surface area contributed by atoms with Crippen molar-refractivity contribution in [2.75, 3.05) is 11.9 Å². The molecule has 0 saturated heterocycles. The minimum Gasteiger partial charge on any atom is -0.383 e. The maximum Gasteiger partial charge on any atom is 0.0597 e. The molecule has 0 bridgehead atoms. The van der Waals surface area contributed by atoms with Crippen molar-refractivity contribution >= 4 is 16.6 Å². The van der Waals surface area contributed by atoms with E-state index >= 15 is 0 Å². The van der Waals surface area contributed by atoms with E-state index in [1.54, 1.807) is 0 Å². The molecule has 20 heavy (non-hydrogen) atoms. The Labute approximate surface area is 123 Å². The first-order chi connectivity index (χ1) is 9.92. The molecule has 0 saturated carbocycles. The standard InChI is InChI=1S/C18H28N2/c1-2-3-4-5-6-7-8-11-14-19-18-15-20-17-13-10-9-12-16(17)18/h9-10,12-13,15,19-20H,2-8,11,14H2,1H3. The predicted octanol–water partition coefficient (Wildman–Crippen LogP) is 5.72. The second-order valence-corrected chi connectivity index (χ2v) is 5.65. The molecule has 0 radical (unpaired) electrons. The van der Waals surface area contributed by atoms with Gasteiger partial charge in [0, 0.05) is 23.6 Å². The summed E-state index contributed by atoms with van der Waals surface area (Å²) in [5, 5.41) is 4.85. The SMILES string of the molecule is CCCCCCCCCCNc1c[nH]c2ccccc12. The molecule has 0 aliphatic heterocycles. The molecule has 0 aliphatic carbocycles. The van der Waals surface area contributed by atoms with Crippen LogP contribution < -0.4 is 5.32 Å². The largest absolute Gasteiger partial charge is 0.383 e. The Hall–Kier alpha value is -1.44. The highest BCUT2D eigenvalue weighted by Gasteiger charge is 2.01. The third kappa shape index (κ3) is 4.59. The van der Waals surface area contributed by atoms with Gasteiger partial charge in [0.1, 0.15) is 0 Å². The molecule has 2 rings (SSSR count). The van der Waals surface area contributed by atoms with Crippen molar-refractivity contribution in [3.05, 3.63) is 30.5 Å². The topological polar surface area (TPSA) is 27.8 Å². The highest BCUT2D eigenvalue weighted by molar-refractivity contribution is 5.92. The number of anilines is 1. The van der Waals surface area contributed by atoms with Crippen LogP contribution in [0.2, 0.25) is 0 Å². The third-order valence-corrected chi connectivity index (χ3v) is 3.94. The second kappa shape index (κ2) is 8.68. The lowest BCUT2D eigenvalue weighted by molar-refractivity contribution is 0.581. The van der Waals surface area contributed by atoms with Crippen molar-refractivity contribution in [2.45, 2.75) is 58.3 Å². The molecule has 0 aliphatic rings. The van der Waals surface area contributed by atoms with E-state index in [1.807, 2.05) is 0 Å². The Kier molecular flexibility index (Phi) is 6.49. The van der Waals surface area contributed by atoms with Crippen molar-refractivity contribution in [3.8, 4) is 0 Å². The van der Waals surface area contributed by atoms with Gasteiger partial charge in [0.15, 0.2) is 0 Å². The normalized spacial score (nSPS) is 11.1. The van der Waals surface area contributed by atoms with Crippen molar-refractivity contribution in [2.24, 2.45) is 0 Å². The number of fused-ring (bicyclic) bond motifs is 1. The van der Waals surface area contributed by atoms with Crippen LogP contribution in [0.25, 0.3) is 10.9 Å². The van der Waals surface area contributed by atoms with E-state index in [4.69, 9.17) is 0 Å². The Balaban J connectivity index is 1.57. The molecule has 0 fully saturated rings. The molecule has 1 heterocycles. The molecule has 0 amide bonds. The number of rotatable bonds is 10. The molecule has 110 valence electrons. The van der Waals surface area contributed by atoms with Gasteiger partial charge < -0.3 is 10.3 Å². The molecule has 2 heteroatoms.